The molecule has 0 aromatic heterocycles. The number of hydrogen-bond donors (Lipinski definition) is 0. The second-order valence-corrected chi connectivity index (χ2v) is 2.55. The van der Waals surface area contributed by atoms with Crippen molar-refractivity contribution in [3.63, 3.8) is 0 Å². The molecule has 0 fully saturated rings. The first-order chi connectivity index (χ1) is 5.13. The molecule has 0 radical (unpaired) electrons. The fourth-order valence-corrected chi connectivity index (χ4v) is 1.14. The summed E-state index contributed by atoms with van der Waals surface area (Å²) in [6, 6.07) is 5.35. The van der Waals surface area contributed by atoms with E-state index in [4.69, 9.17) is 0 Å². The van der Waals surface area contributed by atoms with Crippen molar-refractivity contribution < 1.29 is 61.3 Å². The topological polar surface area (TPSA) is 40.1 Å². The maximum atomic E-state index is 10.5. The van der Waals surface area contributed by atoms with Crippen molar-refractivity contribution in [2.45, 2.75) is 13.8 Å². The van der Waals surface area contributed by atoms with Gasteiger partial charge in [0, 0.05) is 5.56 Å². The van der Waals surface area contributed by atoms with Gasteiger partial charge >= 0.3 is 51.4 Å². The van der Waals surface area contributed by atoms with Gasteiger partial charge < -0.3 is 9.90 Å². The molecule has 0 aliphatic carbocycles. The van der Waals surface area contributed by atoms with E-state index in [1.807, 2.05) is 6.07 Å². The maximum Gasteiger partial charge on any atom is 1.00 e. The van der Waals surface area contributed by atoms with Crippen molar-refractivity contribution in [2.24, 2.45) is 0 Å². The van der Waals surface area contributed by atoms with Gasteiger partial charge in [0.2, 0.25) is 0 Å². The first-order valence-electron chi connectivity index (χ1n) is 3.40. The van der Waals surface area contributed by atoms with Crippen molar-refractivity contribution >= 4 is 5.97 Å². The van der Waals surface area contributed by atoms with Gasteiger partial charge in [0.15, 0.2) is 0 Å². The normalized spacial score (nSPS) is 8.83. The molecule has 0 heterocycles. The Bertz CT molecular complexity index is 274. The van der Waals surface area contributed by atoms with Crippen molar-refractivity contribution in [1.82, 2.24) is 0 Å². The minimum Gasteiger partial charge on any atom is -0.545 e. The van der Waals surface area contributed by atoms with Crippen LogP contribution in [-0.4, -0.2) is 5.97 Å². The van der Waals surface area contributed by atoms with E-state index in [1.54, 1.807) is 26.0 Å². The number of aryl methyl sites for hydroxylation is 2. The van der Waals surface area contributed by atoms with E-state index >= 15 is 0 Å². The Morgan fingerprint density at radius 1 is 1.25 bits per heavy atom. The summed E-state index contributed by atoms with van der Waals surface area (Å²) in [6.07, 6.45) is 0. The van der Waals surface area contributed by atoms with Gasteiger partial charge in [0.1, 0.15) is 0 Å². The Morgan fingerprint density at radius 3 is 1.92 bits per heavy atom. The van der Waals surface area contributed by atoms with Crippen LogP contribution in [0.4, 0.5) is 0 Å². The van der Waals surface area contributed by atoms with Crippen LogP contribution in [0.15, 0.2) is 18.2 Å². The quantitative estimate of drug-likeness (QED) is 0.464. The summed E-state index contributed by atoms with van der Waals surface area (Å²) >= 11 is 0. The first kappa shape index (κ1) is 12.3. The van der Waals surface area contributed by atoms with Gasteiger partial charge in [-0.05, 0) is 25.0 Å². The molecule has 12 heavy (non-hydrogen) atoms. The number of carbonyl (C=O) groups excluding carboxylic acids is 1. The summed E-state index contributed by atoms with van der Waals surface area (Å²) in [4.78, 5) is 10.5. The average Bonchev–Trinajstić information content (AvgIpc) is 1.85. The molecule has 2 nitrogen and oxygen atoms in total. The maximum absolute atomic E-state index is 10.5. The van der Waals surface area contributed by atoms with Gasteiger partial charge in [-0.15, -0.1) is 0 Å². The Morgan fingerprint density at radius 2 is 1.67 bits per heavy atom. The number of hydrogen-bond acceptors (Lipinski definition) is 2. The summed E-state index contributed by atoms with van der Waals surface area (Å²) in [5.41, 5.74) is 1.82. The van der Waals surface area contributed by atoms with Crippen LogP contribution in [0.1, 0.15) is 21.5 Å². The van der Waals surface area contributed by atoms with Crippen molar-refractivity contribution in [3.05, 3.63) is 34.9 Å². The Hall–Kier alpha value is 0.326. The Balaban J connectivity index is 0.00000121. The largest absolute Gasteiger partial charge is 1.00 e. The van der Waals surface area contributed by atoms with Crippen LogP contribution in [0.5, 0.6) is 0 Å². The molecule has 0 saturated heterocycles. The van der Waals surface area contributed by atoms with Gasteiger partial charge in [0.25, 0.3) is 0 Å². The van der Waals surface area contributed by atoms with Crippen molar-refractivity contribution in [1.29, 1.82) is 0 Å². The molecule has 0 N–H and O–H groups in total. The van der Waals surface area contributed by atoms with Gasteiger partial charge in [-0.1, -0.05) is 18.2 Å². The Kier molecular flexibility index (Phi) is 5.28. The number of rotatable bonds is 1. The predicted octanol–water partition coefficient (Wildman–Crippen LogP) is -2.33. The third-order valence-corrected chi connectivity index (χ3v) is 1.69. The van der Waals surface area contributed by atoms with Gasteiger partial charge in [-0.25, -0.2) is 0 Å². The second-order valence-electron chi connectivity index (χ2n) is 2.55. The fourth-order valence-electron chi connectivity index (χ4n) is 1.14. The van der Waals surface area contributed by atoms with Crippen LogP contribution in [0.2, 0.25) is 0 Å². The third-order valence-electron chi connectivity index (χ3n) is 1.69. The SMILES string of the molecule is Cc1cccc(C)c1C(=O)[O-].[K+]. The summed E-state index contributed by atoms with van der Waals surface area (Å²) in [7, 11) is 0. The number of carboxylic acid groups (broad SMARTS) is 1. The average molecular weight is 188 g/mol. The van der Waals surface area contributed by atoms with Crippen LogP contribution in [0, 0.1) is 13.8 Å². The van der Waals surface area contributed by atoms with E-state index in [9.17, 15) is 9.90 Å². The zero-order valence-corrected chi connectivity index (χ0v) is 10.7. The molecule has 0 bridgehead atoms. The van der Waals surface area contributed by atoms with E-state index in [0.29, 0.717) is 5.56 Å². The molecule has 0 saturated carbocycles. The molecule has 0 atom stereocenters. The molecule has 1 aromatic carbocycles. The number of aromatic carboxylic acids is 1. The molecule has 58 valence electrons. The smallest absolute Gasteiger partial charge is 0.545 e. The zero-order chi connectivity index (χ0) is 8.43. The van der Waals surface area contributed by atoms with Gasteiger partial charge in [-0.2, -0.15) is 0 Å². The summed E-state index contributed by atoms with van der Waals surface area (Å²) in [5.74, 6) is -1.10. The van der Waals surface area contributed by atoms with E-state index in [-0.39, 0.29) is 51.4 Å². The van der Waals surface area contributed by atoms with Crippen LogP contribution in [0.25, 0.3) is 0 Å². The predicted molar refractivity (Wildman–Crippen MR) is 40.2 cm³/mol. The van der Waals surface area contributed by atoms with Gasteiger partial charge in [0.05, 0.1) is 5.97 Å². The van der Waals surface area contributed by atoms with E-state index in [1.165, 1.54) is 0 Å². The standard InChI is InChI=1S/C9H10O2.K/c1-6-4-3-5-7(2)8(6)9(10)11;/h3-5H,1-2H3,(H,10,11);/q;+1/p-1. The van der Waals surface area contributed by atoms with Crippen LogP contribution >= 0.6 is 0 Å². The molecular weight excluding hydrogens is 179 g/mol. The summed E-state index contributed by atoms with van der Waals surface area (Å²) in [6.45, 7) is 3.52. The summed E-state index contributed by atoms with van der Waals surface area (Å²) < 4.78 is 0. The molecule has 1 aromatic rings. The zero-order valence-electron chi connectivity index (χ0n) is 7.55. The first-order valence-corrected chi connectivity index (χ1v) is 3.40. The molecular formula is C9H9KO2. The Labute approximate surface area is 114 Å². The molecule has 3 heteroatoms. The molecule has 0 aliphatic rings. The monoisotopic (exact) mass is 188 g/mol. The minimum absolute atomic E-state index is 0. The second kappa shape index (κ2) is 5.14. The summed E-state index contributed by atoms with van der Waals surface area (Å²) in [5, 5.41) is 10.5. The minimum atomic E-state index is -1.10. The molecule has 0 unspecified atom stereocenters. The van der Waals surface area contributed by atoms with Crippen LogP contribution < -0.4 is 56.5 Å². The molecule has 1 rings (SSSR count). The van der Waals surface area contributed by atoms with Crippen LogP contribution in [0.3, 0.4) is 0 Å². The number of benzene rings is 1. The fraction of sp³-hybridized carbons (Fsp3) is 0.222. The van der Waals surface area contributed by atoms with Gasteiger partial charge in [-0.3, -0.25) is 0 Å². The molecule has 0 aliphatic heterocycles. The number of carbonyl (C=O) groups is 1. The third kappa shape index (κ3) is 2.67. The van der Waals surface area contributed by atoms with E-state index in [2.05, 4.69) is 0 Å². The molecule has 0 spiro atoms. The van der Waals surface area contributed by atoms with E-state index < -0.39 is 5.97 Å². The molecule has 0 amide bonds. The van der Waals surface area contributed by atoms with Crippen molar-refractivity contribution in [2.75, 3.05) is 0 Å². The number of carboxylic acids is 1. The van der Waals surface area contributed by atoms with E-state index in [0.717, 1.165) is 11.1 Å². The van der Waals surface area contributed by atoms with Crippen molar-refractivity contribution in [3.8, 4) is 0 Å². The van der Waals surface area contributed by atoms with Crippen LogP contribution in [-0.2, 0) is 0 Å².